The van der Waals surface area contributed by atoms with Crippen molar-refractivity contribution in [3.63, 3.8) is 0 Å². The zero-order valence-electron chi connectivity index (χ0n) is 13.5. The van der Waals surface area contributed by atoms with Crippen LogP contribution in [0.1, 0.15) is 64.1 Å². The lowest BCUT2D eigenvalue weighted by Gasteiger charge is -2.21. The maximum absolute atomic E-state index is 4.53. The summed E-state index contributed by atoms with van der Waals surface area (Å²) in [4.78, 5) is 0. The van der Waals surface area contributed by atoms with Gasteiger partial charge in [-0.2, -0.15) is 0 Å². The standard InChI is InChI=1S/C18H25N3S/c1-3-14(2)17-19-20-18(22-16-12-8-5-9-13-16)21(17)15-10-6-4-7-11-15/h4,6-7,10-11,14,16H,3,5,8-9,12-13H2,1-2H3. The highest BCUT2D eigenvalue weighted by molar-refractivity contribution is 7.99. The molecule has 3 nitrogen and oxygen atoms in total. The summed E-state index contributed by atoms with van der Waals surface area (Å²) < 4.78 is 2.27. The molecule has 0 spiro atoms. The molecule has 0 saturated heterocycles. The van der Waals surface area contributed by atoms with Crippen LogP contribution in [0, 0.1) is 0 Å². The van der Waals surface area contributed by atoms with E-state index in [-0.39, 0.29) is 0 Å². The monoisotopic (exact) mass is 315 g/mol. The fourth-order valence-electron chi connectivity index (χ4n) is 3.01. The maximum Gasteiger partial charge on any atom is 0.196 e. The fourth-order valence-corrected chi connectivity index (χ4v) is 4.27. The van der Waals surface area contributed by atoms with Crippen LogP contribution in [0.5, 0.6) is 0 Å². The quantitative estimate of drug-likeness (QED) is 0.759. The predicted molar refractivity (Wildman–Crippen MR) is 92.8 cm³/mol. The summed E-state index contributed by atoms with van der Waals surface area (Å²) in [6.07, 6.45) is 7.81. The Balaban J connectivity index is 1.93. The summed E-state index contributed by atoms with van der Waals surface area (Å²) in [6, 6.07) is 10.5. The zero-order chi connectivity index (χ0) is 15.4. The smallest absolute Gasteiger partial charge is 0.196 e. The molecular weight excluding hydrogens is 290 g/mol. The van der Waals surface area contributed by atoms with Gasteiger partial charge in [-0.1, -0.05) is 63.1 Å². The Labute approximate surface area is 137 Å². The molecule has 118 valence electrons. The minimum absolute atomic E-state index is 0.424. The Hall–Kier alpha value is -1.29. The molecule has 1 fully saturated rings. The molecule has 2 aromatic rings. The topological polar surface area (TPSA) is 30.7 Å². The SMILES string of the molecule is CCC(C)c1nnc(SC2CCCCC2)n1-c1ccccc1. The van der Waals surface area contributed by atoms with Gasteiger partial charge in [0.15, 0.2) is 5.16 Å². The molecule has 0 radical (unpaired) electrons. The third-order valence-corrected chi connectivity index (χ3v) is 5.83. The average molecular weight is 315 g/mol. The van der Waals surface area contributed by atoms with Crippen LogP contribution in [0.2, 0.25) is 0 Å². The first-order valence-corrected chi connectivity index (χ1v) is 9.35. The van der Waals surface area contributed by atoms with Crippen LogP contribution in [0.15, 0.2) is 35.5 Å². The molecular formula is C18H25N3S. The maximum atomic E-state index is 4.53. The van der Waals surface area contributed by atoms with E-state index in [1.54, 1.807) is 0 Å². The third-order valence-electron chi connectivity index (χ3n) is 4.55. The molecule has 1 saturated carbocycles. The van der Waals surface area contributed by atoms with Gasteiger partial charge in [-0.05, 0) is 31.4 Å². The van der Waals surface area contributed by atoms with Crippen LogP contribution in [0.3, 0.4) is 0 Å². The van der Waals surface area contributed by atoms with Gasteiger partial charge in [0.1, 0.15) is 5.82 Å². The number of hydrogen-bond donors (Lipinski definition) is 0. The van der Waals surface area contributed by atoms with Crippen LogP contribution < -0.4 is 0 Å². The molecule has 4 heteroatoms. The molecule has 0 amide bonds. The van der Waals surface area contributed by atoms with Crippen molar-refractivity contribution in [3.05, 3.63) is 36.2 Å². The fraction of sp³-hybridized carbons (Fsp3) is 0.556. The van der Waals surface area contributed by atoms with Crippen LogP contribution >= 0.6 is 11.8 Å². The highest BCUT2D eigenvalue weighted by Crippen LogP contribution is 2.35. The van der Waals surface area contributed by atoms with E-state index in [9.17, 15) is 0 Å². The lowest BCUT2D eigenvalue weighted by molar-refractivity contribution is 0.515. The molecule has 1 atom stereocenters. The second-order valence-corrected chi connectivity index (χ2v) is 7.47. The molecule has 0 aliphatic heterocycles. The van der Waals surface area contributed by atoms with Crippen LogP contribution in [0.25, 0.3) is 5.69 Å². The second kappa shape index (κ2) is 7.32. The first-order valence-electron chi connectivity index (χ1n) is 8.47. The Kier molecular flexibility index (Phi) is 5.19. The molecule has 22 heavy (non-hydrogen) atoms. The van der Waals surface area contributed by atoms with Crippen molar-refractivity contribution < 1.29 is 0 Å². The first-order chi connectivity index (χ1) is 10.8. The molecule has 1 aliphatic rings. The van der Waals surface area contributed by atoms with Crippen molar-refractivity contribution in [2.75, 3.05) is 0 Å². The van der Waals surface area contributed by atoms with Crippen molar-refractivity contribution in [1.29, 1.82) is 0 Å². The van der Waals surface area contributed by atoms with Gasteiger partial charge in [0.25, 0.3) is 0 Å². The normalized spacial score (nSPS) is 17.5. The van der Waals surface area contributed by atoms with Crippen LogP contribution in [-0.4, -0.2) is 20.0 Å². The molecule has 1 aromatic carbocycles. The first kappa shape index (κ1) is 15.6. The number of benzene rings is 1. The number of thioether (sulfide) groups is 1. The van der Waals surface area contributed by atoms with Crippen molar-refractivity contribution in [3.8, 4) is 5.69 Å². The van der Waals surface area contributed by atoms with Gasteiger partial charge in [-0.25, -0.2) is 0 Å². The Morgan fingerprint density at radius 3 is 2.55 bits per heavy atom. The second-order valence-electron chi connectivity index (χ2n) is 6.20. The highest BCUT2D eigenvalue weighted by Gasteiger charge is 2.22. The van der Waals surface area contributed by atoms with E-state index in [1.165, 1.54) is 37.8 Å². The van der Waals surface area contributed by atoms with Crippen molar-refractivity contribution in [2.24, 2.45) is 0 Å². The van der Waals surface area contributed by atoms with Gasteiger partial charge in [0.05, 0.1) is 0 Å². The molecule has 1 aliphatic carbocycles. The summed E-state index contributed by atoms with van der Waals surface area (Å²) in [5.41, 5.74) is 1.18. The minimum atomic E-state index is 0.424. The molecule has 0 N–H and O–H groups in total. The zero-order valence-corrected chi connectivity index (χ0v) is 14.4. The Morgan fingerprint density at radius 1 is 1.14 bits per heavy atom. The van der Waals surface area contributed by atoms with E-state index in [2.05, 4.69) is 58.9 Å². The summed E-state index contributed by atoms with van der Waals surface area (Å²) >= 11 is 1.92. The van der Waals surface area contributed by atoms with Crippen molar-refractivity contribution >= 4 is 11.8 Å². The summed E-state index contributed by atoms with van der Waals surface area (Å²) in [5.74, 6) is 1.51. The number of hydrogen-bond acceptors (Lipinski definition) is 3. The molecule has 0 bridgehead atoms. The summed E-state index contributed by atoms with van der Waals surface area (Å²) in [7, 11) is 0. The van der Waals surface area contributed by atoms with Crippen LogP contribution in [0.4, 0.5) is 0 Å². The van der Waals surface area contributed by atoms with E-state index in [1.807, 2.05) is 11.8 Å². The molecule has 1 heterocycles. The Morgan fingerprint density at radius 2 is 1.86 bits per heavy atom. The Bertz CT molecular complexity index is 588. The van der Waals surface area contributed by atoms with Gasteiger partial charge in [-0.3, -0.25) is 4.57 Å². The van der Waals surface area contributed by atoms with Gasteiger partial charge in [0, 0.05) is 16.9 Å². The van der Waals surface area contributed by atoms with Crippen LogP contribution in [-0.2, 0) is 0 Å². The minimum Gasteiger partial charge on any atom is -0.274 e. The molecule has 1 aromatic heterocycles. The lowest BCUT2D eigenvalue weighted by atomic mass is 10.0. The number of aromatic nitrogens is 3. The average Bonchev–Trinajstić information content (AvgIpc) is 2.99. The number of rotatable bonds is 5. The highest BCUT2D eigenvalue weighted by atomic mass is 32.2. The van der Waals surface area contributed by atoms with E-state index in [4.69, 9.17) is 0 Å². The largest absolute Gasteiger partial charge is 0.274 e. The van der Waals surface area contributed by atoms with Crippen molar-refractivity contribution in [2.45, 2.75) is 68.7 Å². The summed E-state index contributed by atoms with van der Waals surface area (Å²) in [6.45, 7) is 4.45. The number of para-hydroxylation sites is 1. The third kappa shape index (κ3) is 3.37. The van der Waals surface area contributed by atoms with Gasteiger partial charge in [0.2, 0.25) is 0 Å². The van der Waals surface area contributed by atoms with E-state index in [0.717, 1.165) is 17.4 Å². The van der Waals surface area contributed by atoms with Gasteiger partial charge < -0.3 is 0 Å². The lowest BCUT2D eigenvalue weighted by Crippen LogP contribution is -2.11. The molecule has 3 rings (SSSR count). The predicted octanol–water partition coefficient (Wildman–Crippen LogP) is 5.21. The van der Waals surface area contributed by atoms with Gasteiger partial charge >= 0.3 is 0 Å². The van der Waals surface area contributed by atoms with E-state index in [0.29, 0.717) is 11.2 Å². The van der Waals surface area contributed by atoms with E-state index < -0.39 is 0 Å². The number of nitrogens with zero attached hydrogens (tertiary/aromatic N) is 3. The van der Waals surface area contributed by atoms with Crippen molar-refractivity contribution in [1.82, 2.24) is 14.8 Å². The van der Waals surface area contributed by atoms with Gasteiger partial charge in [-0.15, -0.1) is 10.2 Å². The summed E-state index contributed by atoms with van der Waals surface area (Å²) in [5, 5.41) is 10.8. The molecule has 1 unspecified atom stereocenters. The van der Waals surface area contributed by atoms with E-state index >= 15 is 0 Å².